The number of ether oxygens (including phenoxy) is 1. The van der Waals surface area contributed by atoms with Gasteiger partial charge in [0.1, 0.15) is 5.56 Å². The van der Waals surface area contributed by atoms with Crippen LogP contribution in [0.15, 0.2) is 48.8 Å². The number of hydrogen-bond donors (Lipinski definition) is 0. The molecule has 1 saturated heterocycles. The molecule has 0 radical (unpaired) electrons. The molecule has 0 aliphatic carbocycles. The van der Waals surface area contributed by atoms with E-state index in [1.807, 2.05) is 30.2 Å². The average Bonchev–Trinajstić information content (AvgIpc) is 2.74. The average molecular weight is 396 g/mol. The van der Waals surface area contributed by atoms with Gasteiger partial charge in [-0.3, -0.25) is 9.78 Å². The smallest absolute Gasteiger partial charge is 0.259 e. The number of piperidine rings is 1. The van der Waals surface area contributed by atoms with E-state index in [1.54, 1.807) is 6.07 Å². The molecular weight excluding hydrogens is 374 g/mol. The molecule has 1 atom stereocenters. The molecule has 6 heteroatoms. The predicted octanol–water partition coefficient (Wildman–Crippen LogP) is 4.70. The Balaban J connectivity index is 1.58. The molecule has 5 nitrogen and oxygen atoms in total. The first-order chi connectivity index (χ1) is 13.7. The molecule has 3 aromatic rings. The third kappa shape index (κ3) is 3.80. The zero-order chi connectivity index (χ0) is 19.5. The van der Waals surface area contributed by atoms with Crippen molar-refractivity contribution in [3.8, 4) is 5.88 Å². The number of pyridine rings is 2. The van der Waals surface area contributed by atoms with Crippen LogP contribution in [0, 0.1) is 0 Å². The number of hydrogen-bond acceptors (Lipinski definition) is 4. The SMILES string of the molecule is CCOc1ncc(Cl)cc1C(=O)N1CCC[C@@H](c2cc3ccccc3cn2)C1. The van der Waals surface area contributed by atoms with Crippen LogP contribution >= 0.6 is 11.6 Å². The van der Waals surface area contributed by atoms with Crippen molar-refractivity contribution in [2.75, 3.05) is 19.7 Å². The van der Waals surface area contributed by atoms with Crippen molar-refractivity contribution in [1.29, 1.82) is 0 Å². The Morgan fingerprint density at radius 1 is 1.21 bits per heavy atom. The second kappa shape index (κ2) is 8.15. The molecule has 28 heavy (non-hydrogen) atoms. The monoisotopic (exact) mass is 395 g/mol. The molecule has 0 unspecified atom stereocenters. The lowest BCUT2D eigenvalue weighted by Crippen LogP contribution is -2.39. The summed E-state index contributed by atoms with van der Waals surface area (Å²) in [4.78, 5) is 23.9. The standard InChI is InChI=1S/C22H22ClN3O2/c1-2-28-21-19(11-18(23)13-25-21)22(27)26-9-5-8-17(14-26)20-10-15-6-3-4-7-16(15)12-24-20/h3-4,6-7,10-13,17H,2,5,8-9,14H2,1H3/t17-/m1/s1. The number of likely N-dealkylation sites (tertiary alicyclic amines) is 1. The van der Waals surface area contributed by atoms with Gasteiger partial charge in [-0.2, -0.15) is 0 Å². The Labute approximate surface area is 169 Å². The first kappa shape index (κ1) is 18.7. The maximum atomic E-state index is 13.2. The normalized spacial score (nSPS) is 16.9. The van der Waals surface area contributed by atoms with Crippen LogP contribution in [-0.4, -0.2) is 40.5 Å². The molecule has 0 saturated carbocycles. The van der Waals surface area contributed by atoms with Gasteiger partial charge in [-0.05, 0) is 37.3 Å². The number of halogens is 1. The predicted molar refractivity (Wildman–Crippen MR) is 110 cm³/mol. The number of rotatable bonds is 4. The van der Waals surface area contributed by atoms with Gasteiger partial charge in [0.15, 0.2) is 0 Å². The van der Waals surface area contributed by atoms with Gasteiger partial charge >= 0.3 is 0 Å². The highest BCUT2D eigenvalue weighted by Crippen LogP contribution is 2.30. The fraction of sp³-hybridized carbons (Fsp3) is 0.318. The number of nitrogens with zero attached hydrogens (tertiary/aromatic N) is 3. The number of aromatic nitrogens is 2. The van der Waals surface area contributed by atoms with Gasteiger partial charge in [0.2, 0.25) is 5.88 Å². The molecule has 2 aromatic heterocycles. The molecule has 1 amide bonds. The Kier molecular flexibility index (Phi) is 5.44. The molecule has 0 N–H and O–H groups in total. The summed E-state index contributed by atoms with van der Waals surface area (Å²) >= 11 is 6.08. The number of carbonyl (C=O) groups excluding carboxylic acids is 1. The molecule has 1 aliphatic rings. The van der Waals surface area contributed by atoms with E-state index in [0.717, 1.165) is 23.9 Å². The Morgan fingerprint density at radius 2 is 2.04 bits per heavy atom. The van der Waals surface area contributed by atoms with E-state index in [0.29, 0.717) is 36.2 Å². The van der Waals surface area contributed by atoms with Crippen molar-refractivity contribution in [3.05, 3.63) is 65.1 Å². The van der Waals surface area contributed by atoms with E-state index in [9.17, 15) is 4.79 Å². The fourth-order valence-electron chi connectivity index (χ4n) is 3.73. The summed E-state index contributed by atoms with van der Waals surface area (Å²) in [5, 5.41) is 2.73. The third-order valence-electron chi connectivity index (χ3n) is 5.11. The van der Waals surface area contributed by atoms with Crippen molar-refractivity contribution in [3.63, 3.8) is 0 Å². The van der Waals surface area contributed by atoms with Gasteiger partial charge in [0.25, 0.3) is 5.91 Å². The van der Waals surface area contributed by atoms with Crippen LogP contribution in [0.3, 0.4) is 0 Å². The van der Waals surface area contributed by atoms with Crippen LogP contribution in [0.4, 0.5) is 0 Å². The number of carbonyl (C=O) groups is 1. The number of benzene rings is 1. The van der Waals surface area contributed by atoms with Gasteiger partial charge in [-0.25, -0.2) is 4.98 Å². The highest BCUT2D eigenvalue weighted by molar-refractivity contribution is 6.30. The molecular formula is C22H22ClN3O2. The molecule has 1 aliphatic heterocycles. The van der Waals surface area contributed by atoms with E-state index < -0.39 is 0 Å². The molecule has 3 heterocycles. The molecule has 1 aromatic carbocycles. The van der Waals surface area contributed by atoms with Crippen molar-refractivity contribution in [1.82, 2.24) is 14.9 Å². The summed E-state index contributed by atoms with van der Waals surface area (Å²) in [6, 6.07) is 12.0. The molecule has 0 spiro atoms. The summed E-state index contributed by atoms with van der Waals surface area (Å²) in [7, 11) is 0. The van der Waals surface area contributed by atoms with E-state index >= 15 is 0 Å². The van der Waals surface area contributed by atoms with E-state index in [-0.39, 0.29) is 11.8 Å². The topological polar surface area (TPSA) is 55.3 Å². The molecule has 1 fully saturated rings. The van der Waals surface area contributed by atoms with Gasteiger partial charge in [-0.1, -0.05) is 35.9 Å². The Bertz CT molecular complexity index is 1010. The summed E-state index contributed by atoms with van der Waals surface area (Å²) in [5.74, 6) is 0.455. The summed E-state index contributed by atoms with van der Waals surface area (Å²) in [6.07, 6.45) is 5.37. The van der Waals surface area contributed by atoms with Crippen molar-refractivity contribution < 1.29 is 9.53 Å². The van der Waals surface area contributed by atoms with Crippen LogP contribution in [0.2, 0.25) is 5.02 Å². The lowest BCUT2D eigenvalue weighted by atomic mass is 9.93. The fourth-order valence-corrected chi connectivity index (χ4v) is 3.89. The highest BCUT2D eigenvalue weighted by atomic mass is 35.5. The summed E-state index contributed by atoms with van der Waals surface area (Å²) < 4.78 is 5.53. The van der Waals surface area contributed by atoms with Crippen molar-refractivity contribution in [2.45, 2.75) is 25.7 Å². The zero-order valence-electron chi connectivity index (χ0n) is 15.8. The third-order valence-corrected chi connectivity index (χ3v) is 5.31. The molecule has 4 rings (SSSR count). The van der Waals surface area contributed by atoms with Crippen molar-refractivity contribution in [2.24, 2.45) is 0 Å². The van der Waals surface area contributed by atoms with E-state index in [2.05, 4.69) is 28.2 Å². The minimum absolute atomic E-state index is 0.0936. The Morgan fingerprint density at radius 3 is 2.86 bits per heavy atom. The second-order valence-electron chi connectivity index (χ2n) is 6.99. The van der Waals surface area contributed by atoms with Crippen LogP contribution in [0.1, 0.15) is 41.7 Å². The minimum Gasteiger partial charge on any atom is -0.477 e. The molecule has 0 bridgehead atoms. The lowest BCUT2D eigenvalue weighted by molar-refractivity contribution is 0.0701. The number of fused-ring (bicyclic) bond motifs is 1. The van der Waals surface area contributed by atoms with Crippen LogP contribution in [0.25, 0.3) is 10.8 Å². The van der Waals surface area contributed by atoms with Crippen LogP contribution < -0.4 is 4.74 Å². The van der Waals surface area contributed by atoms with Gasteiger partial charge in [0, 0.05) is 42.5 Å². The first-order valence-corrected chi connectivity index (χ1v) is 9.96. The quantitative estimate of drug-likeness (QED) is 0.642. The highest BCUT2D eigenvalue weighted by Gasteiger charge is 2.28. The van der Waals surface area contributed by atoms with Crippen LogP contribution in [0.5, 0.6) is 5.88 Å². The largest absolute Gasteiger partial charge is 0.477 e. The van der Waals surface area contributed by atoms with Crippen LogP contribution in [-0.2, 0) is 0 Å². The van der Waals surface area contributed by atoms with Gasteiger partial charge in [0.05, 0.1) is 11.6 Å². The Hall–Kier alpha value is -2.66. The van der Waals surface area contributed by atoms with Gasteiger partial charge < -0.3 is 9.64 Å². The maximum Gasteiger partial charge on any atom is 0.259 e. The first-order valence-electron chi connectivity index (χ1n) is 9.58. The summed E-state index contributed by atoms with van der Waals surface area (Å²) in [6.45, 7) is 3.65. The lowest BCUT2D eigenvalue weighted by Gasteiger charge is -2.33. The minimum atomic E-state index is -0.0936. The zero-order valence-corrected chi connectivity index (χ0v) is 16.5. The van der Waals surface area contributed by atoms with E-state index in [4.69, 9.17) is 16.3 Å². The second-order valence-corrected chi connectivity index (χ2v) is 7.42. The summed E-state index contributed by atoms with van der Waals surface area (Å²) in [5.41, 5.74) is 1.45. The van der Waals surface area contributed by atoms with Gasteiger partial charge in [-0.15, -0.1) is 0 Å². The van der Waals surface area contributed by atoms with E-state index in [1.165, 1.54) is 11.6 Å². The maximum absolute atomic E-state index is 13.2. The molecule has 144 valence electrons. The van der Waals surface area contributed by atoms with Crippen molar-refractivity contribution >= 4 is 28.3 Å². The number of amides is 1.